The van der Waals surface area contributed by atoms with Crippen molar-refractivity contribution < 1.29 is 27.8 Å². The molecule has 2 saturated heterocycles. The zero-order valence-corrected chi connectivity index (χ0v) is 14.3. The zero-order chi connectivity index (χ0) is 18.7. The van der Waals surface area contributed by atoms with E-state index in [1.807, 2.05) is 4.90 Å². The zero-order valence-electron chi connectivity index (χ0n) is 14.3. The lowest BCUT2D eigenvalue weighted by molar-refractivity contribution is -0.138. The van der Waals surface area contributed by atoms with E-state index in [-0.39, 0.29) is 25.0 Å². The van der Waals surface area contributed by atoms with Gasteiger partial charge in [-0.1, -0.05) is 0 Å². The highest BCUT2D eigenvalue weighted by Crippen LogP contribution is 2.30. The van der Waals surface area contributed by atoms with Gasteiger partial charge in [-0.25, -0.2) is 4.98 Å². The number of aliphatic hydroxyl groups is 1. The van der Waals surface area contributed by atoms with E-state index in [0.717, 1.165) is 12.3 Å². The van der Waals surface area contributed by atoms with Crippen LogP contribution in [0.25, 0.3) is 0 Å². The minimum atomic E-state index is -4.40. The van der Waals surface area contributed by atoms with Gasteiger partial charge < -0.3 is 19.6 Å². The first-order valence-electron chi connectivity index (χ1n) is 8.67. The first-order chi connectivity index (χ1) is 12.3. The Kier molecular flexibility index (Phi) is 5.67. The average Bonchev–Trinajstić information content (AvgIpc) is 2.85. The standard InChI is InChI=1S/C17H22F3N3O3/c18-17(19,20)13-1-2-15(21-9-13)22-5-3-12(4-6-22)16(25)23-7-8-26-11-14(24)10-23/h1-2,9,12,14,24H,3-8,10-11H2/t14-/m1/s1. The molecule has 144 valence electrons. The molecule has 0 saturated carbocycles. The number of piperidine rings is 1. The lowest BCUT2D eigenvalue weighted by atomic mass is 9.95. The number of hydrogen-bond donors (Lipinski definition) is 1. The van der Waals surface area contributed by atoms with Gasteiger partial charge in [0.05, 0.1) is 24.9 Å². The number of nitrogens with zero attached hydrogens (tertiary/aromatic N) is 3. The van der Waals surface area contributed by atoms with Crippen molar-refractivity contribution in [1.82, 2.24) is 9.88 Å². The molecule has 1 amide bonds. The predicted molar refractivity (Wildman–Crippen MR) is 87.6 cm³/mol. The molecule has 0 aromatic carbocycles. The summed E-state index contributed by atoms with van der Waals surface area (Å²) >= 11 is 0. The first kappa shape index (κ1) is 18.9. The number of ether oxygens (including phenoxy) is 1. The summed E-state index contributed by atoms with van der Waals surface area (Å²) in [5.41, 5.74) is -0.770. The Morgan fingerprint density at radius 1 is 1.23 bits per heavy atom. The fourth-order valence-electron chi connectivity index (χ4n) is 3.35. The molecular formula is C17H22F3N3O3. The van der Waals surface area contributed by atoms with Crippen LogP contribution < -0.4 is 4.90 Å². The molecule has 26 heavy (non-hydrogen) atoms. The molecule has 1 aromatic heterocycles. The van der Waals surface area contributed by atoms with Crippen LogP contribution in [0, 0.1) is 5.92 Å². The van der Waals surface area contributed by atoms with Crippen LogP contribution in [0.4, 0.5) is 19.0 Å². The van der Waals surface area contributed by atoms with E-state index in [0.29, 0.717) is 44.9 Å². The summed E-state index contributed by atoms with van der Waals surface area (Å²) < 4.78 is 43.1. The largest absolute Gasteiger partial charge is 0.417 e. The molecule has 6 nitrogen and oxygen atoms in total. The summed E-state index contributed by atoms with van der Waals surface area (Å²) in [6.45, 7) is 2.51. The average molecular weight is 373 g/mol. The number of pyridine rings is 1. The van der Waals surface area contributed by atoms with Gasteiger partial charge in [-0.2, -0.15) is 13.2 Å². The van der Waals surface area contributed by atoms with E-state index in [4.69, 9.17) is 4.74 Å². The maximum absolute atomic E-state index is 12.6. The van der Waals surface area contributed by atoms with E-state index < -0.39 is 17.8 Å². The summed E-state index contributed by atoms with van der Waals surface area (Å²) in [7, 11) is 0. The third kappa shape index (κ3) is 4.45. The summed E-state index contributed by atoms with van der Waals surface area (Å²) in [4.78, 5) is 20.1. The third-order valence-corrected chi connectivity index (χ3v) is 4.80. The number of β-amino-alcohol motifs (C(OH)–C–C–N with tert-alkyl or cyclic N) is 1. The van der Waals surface area contributed by atoms with Gasteiger partial charge in [-0.15, -0.1) is 0 Å². The number of alkyl halides is 3. The van der Waals surface area contributed by atoms with Crippen LogP contribution in [0.5, 0.6) is 0 Å². The van der Waals surface area contributed by atoms with Crippen molar-refractivity contribution in [3.63, 3.8) is 0 Å². The van der Waals surface area contributed by atoms with E-state index in [1.54, 1.807) is 4.90 Å². The Labute approximate surface area is 149 Å². The van der Waals surface area contributed by atoms with Crippen molar-refractivity contribution in [1.29, 1.82) is 0 Å². The summed E-state index contributed by atoms with van der Waals surface area (Å²) in [5, 5.41) is 9.76. The van der Waals surface area contributed by atoms with E-state index in [2.05, 4.69) is 4.98 Å². The molecule has 1 N–H and O–H groups in total. The van der Waals surface area contributed by atoms with Gasteiger partial charge in [0.15, 0.2) is 0 Å². The van der Waals surface area contributed by atoms with Gasteiger partial charge in [0.1, 0.15) is 5.82 Å². The molecule has 9 heteroatoms. The number of halogens is 3. The van der Waals surface area contributed by atoms with Crippen molar-refractivity contribution in [3.05, 3.63) is 23.9 Å². The number of anilines is 1. The lowest BCUT2D eigenvalue weighted by Crippen LogP contribution is -2.45. The first-order valence-corrected chi connectivity index (χ1v) is 8.67. The number of carbonyl (C=O) groups is 1. The molecule has 0 radical (unpaired) electrons. The SMILES string of the molecule is O=C(C1CCN(c2ccc(C(F)(F)F)cn2)CC1)N1CCOC[C@H](O)C1. The van der Waals surface area contributed by atoms with E-state index in [1.165, 1.54) is 6.07 Å². The molecule has 0 unspecified atom stereocenters. The highest BCUT2D eigenvalue weighted by atomic mass is 19.4. The molecule has 1 atom stereocenters. The quantitative estimate of drug-likeness (QED) is 0.852. The normalized spacial score (nSPS) is 23.0. The molecule has 0 aliphatic carbocycles. The number of rotatable bonds is 2. The van der Waals surface area contributed by atoms with Crippen molar-refractivity contribution in [3.8, 4) is 0 Å². The highest BCUT2D eigenvalue weighted by molar-refractivity contribution is 5.79. The van der Waals surface area contributed by atoms with Crippen LogP contribution >= 0.6 is 0 Å². The van der Waals surface area contributed by atoms with Crippen LogP contribution in [0.3, 0.4) is 0 Å². The van der Waals surface area contributed by atoms with E-state index >= 15 is 0 Å². The third-order valence-electron chi connectivity index (χ3n) is 4.80. The smallest absolute Gasteiger partial charge is 0.389 e. The summed E-state index contributed by atoms with van der Waals surface area (Å²) in [5.74, 6) is 0.350. The van der Waals surface area contributed by atoms with Gasteiger partial charge in [0, 0.05) is 38.3 Å². The molecule has 0 bridgehead atoms. The summed E-state index contributed by atoms with van der Waals surface area (Å²) in [6, 6.07) is 2.39. The van der Waals surface area contributed by atoms with Crippen LogP contribution in [0.2, 0.25) is 0 Å². The van der Waals surface area contributed by atoms with E-state index in [9.17, 15) is 23.1 Å². The molecule has 2 aliphatic rings. The Bertz CT molecular complexity index is 616. The van der Waals surface area contributed by atoms with Gasteiger partial charge >= 0.3 is 6.18 Å². The number of amides is 1. The minimum absolute atomic E-state index is 0.00887. The second-order valence-electron chi connectivity index (χ2n) is 6.68. The molecule has 2 fully saturated rings. The molecule has 3 rings (SSSR count). The van der Waals surface area contributed by atoms with Crippen LogP contribution in [0.1, 0.15) is 18.4 Å². The van der Waals surface area contributed by atoms with Gasteiger partial charge in [-0.3, -0.25) is 4.79 Å². The monoisotopic (exact) mass is 373 g/mol. The van der Waals surface area contributed by atoms with Crippen molar-refractivity contribution >= 4 is 11.7 Å². The maximum Gasteiger partial charge on any atom is 0.417 e. The number of hydrogen-bond acceptors (Lipinski definition) is 5. The molecule has 0 spiro atoms. The molecular weight excluding hydrogens is 351 g/mol. The number of carbonyl (C=O) groups excluding carboxylic acids is 1. The number of aliphatic hydroxyl groups excluding tert-OH is 1. The molecule has 2 aliphatic heterocycles. The Morgan fingerprint density at radius 3 is 2.58 bits per heavy atom. The highest BCUT2D eigenvalue weighted by Gasteiger charge is 2.32. The fraction of sp³-hybridized carbons (Fsp3) is 0.647. The van der Waals surface area contributed by atoms with Crippen molar-refractivity contribution in [2.24, 2.45) is 5.92 Å². The lowest BCUT2D eigenvalue weighted by Gasteiger charge is -2.34. The second kappa shape index (κ2) is 7.79. The minimum Gasteiger partial charge on any atom is -0.389 e. The number of aromatic nitrogens is 1. The Balaban J connectivity index is 1.56. The molecule has 1 aromatic rings. The predicted octanol–water partition coefficient (Wildman–Crippen LogP) is 1.54. The van der Waals surface area contributed by atoms with Gasteiger partial charge in [0.2, 0.25) is 5.91 Å². The van der Waals surface area contributed by atoms with Crippen LogP contribution in [0.15, 0.2) is 18.3 Å². The topological polar surface area (TPSA) is 65.9 Å². The second-order valence-corrected chi connectivity index (χ2v) is 6.68. The summed E-state index contributed by atoms with van der Waals surface area (Å²) in [6.07, 6.45) is -3.01. The fourth-order valence-corrected chi connectivity index (χ4v) is 3.35. The van der Waals surface area contributed by atoms with Crippen LogP contribution in [-0.4, -0.2) is 66.4 Å². The molecule has 3 heterocycles. The van der Waals surface area contributed by atoms with Crippen molar-refractivity contribution in [2.75, 3.05) is 44.3 Å². The maximum atomic E-state index is 12.6. The van der Waals surface area contributed by atoms with Gasteiger partial charge in [0.25, 0.3) is 0 Å². The Hall–Kier alpha value is -1.87. The van der Waals surface area contributed by atoms with Crippen LogP contribution in [-0.2, 0) is 15.7 Å². The Morgan fingerprint density at radius 2 is 1.96 bits per heavy atom. The van der Waals surface area contributed by atoms with Crippen molar-refractivity contribution in [2.45, 2.75) is 25.1 Å². The van der Waals surface area contributed by atoms with Gasteiger partial charge in [-0.05, 0) is 25.0 Å².